The topological polar surface area (TPSA) is 67.9 Å². The number of hydrogen-bond acceptors (Lipinski definition) is 4. The van der Waals surface area contributed by atoms with E-state index in [2.05, 4.69) is 5.32 Å². The van der Waals surface area contributed by atoms with Crippen molar-refractivity contribution in [3.8, 4) is 0 Å². The lowest BCUT2D eigenvalue weighted by Crippen LogP contribution is -2.40. The molecular formula is C29H30N2O4. The Labute approximate surface area is 206 Å². The predicted octanol–water partition coefficient (Wildman–Crippen LogP) is 6.03. The van der Waals surface area contributed by atoms with Gasteiger partial charge in [-0.25, -0.2) is 4.79 Å². The molecule has 2 amide bonds. The van der Waals surface area contributed by atoms with Gasteiger partial charge >= 0.3 is 6.09 Å². The van der Waals surface area contributed by atoms with E-state index in [0.29, 0.717) is 17.8 Å². The number of hydrogen-bond donors (Lipinski definition) is 1. The van der Waals surface area contributed by atoms with Crippen LogP contribution in [0.3, 0.4) is 0 Å². The molecule has 35 heavy (non-hydrogen) atoms. The minimum Gasteiger partial charge on any atom is -0.505 e. The Balaban J connectivity index is 1.86. The predicted molar refractivity (Wildman–Crippen MR) is 137 cm³/mol. The number of methoxy groups -OCH3 is 1. The zero-order chi connectivity index (χ0) is 25.1. The van der Waals surface area contributed by atoms with Crippen LogP contribution in [0.15, 0.2) is 91.2 Å². The van der Waals surface area contributed by atoms with Gasteiger partial charge in [0.2, 0.25) is 5.91 Å². The van der Waals surface area contributed by atoms with Crippen molar-refractivity contribution in [2.45, 2.75) is 38.3 Å². The highest BCUT2D eigenvalue weighted by Crippen LogP contribution is 2.49. The first-order chi connectivity index (χ1) is 16.8. The van der Waals surface area contributed by atoms with Crippen LogP contribution in [0.4, 0.5) is 16.2 Å². The van der Waals surface area contributed by atoms with E-state index in [1.165, 1.54) is 6.26 Å². The van der Waals surface area contributed by atoms with E-state index in [1.807, 2.05) is 72.8 Å². The lowest BCUT2D eigenvalue weighted by Gasteiger charge is -2.29. The van der Waals surface area contributed by atoms with Gasteiger partial charge in [0.15, 0.2) is 0 Å². The molecular weight excluding hydrogens is 440 g/mol. The smallest absolute Gasteiger partial charge is 0.412 e. The number of carbonyl (C=O) groups is 2. The molecule has 1 aliphatic rings. The second-order valence-electron chi connectivity index (χ2n) is 9.41. The van der Waals surface area contributed by atoms with E-state index in [0.717, 1.165) is 16.8 Å². The first-order valence-electron chi connectivity index (χ1n) is 11.5. The molecule has 0 spiro atoms. The van der Waals surface area contributed by atoms with Crippen molar-refractivity contribution in [2.75, 3.05) is 17.3 Å². The summed E-state index contributed by atoms with van der Waals surface area (Å²) in [7, 11) is 1.54. The standard InChI is InChI=1S/C29H30N2O4/c1-28(2,3)35-27(33)30-24-16-10-8-14-22(24)29(18-19-34-4)23-15-9-11-17-25(23)31(26(29)32)20-21-12-6-5-7-13-21/h5-19H,20H2,1-4H3,(H,30,33)/b19-18+/t29-/m0/s1. The summed E-state index contributed by atoms with van der Waals surface area (Å²) in [6, 6.07) is 24.9. The molecule has 6 nitrogen and oxygen atoms in total. The van der Waals surface area contributed by atoms with Gasteiger partial charge in [-0.2, -0.15) is 0 Å². The molecule has 3 aromatic carbocycles. The SMILES string of the molecule is CO/C=C/[C@@]1(c2ccccc2NC(=O)OC(C)(C)C)C(=O)N(Cc2ccccc2)c2ccccc21. The highest BCUT2D eigenvalue weighted by atomic mass is 16.6. The third kappa shape index (κ3) is 4.78. The maximum Gasteiger partial charge on any atom is 0.412 e. The minimum atomic E-state index is -1.20. The molecule has 0 bridgehead atoms. The van der Waals surface area contributed by atoms with Gasteiger partial charge in [0.25, 0.3) is 0 Å². The fourth-order valence-electron chi connectivity index (χ4n) is 4.43. The van der Waals surface area contributed by atoms with Crippen molar-refractivity contribution in [3.05, 3.63) is 108 Å². The summed E-state index contributed by atoms with van der Waals surface area (Å²) in [4.78, 5) is 28.8. The first-order valence-corrected chi connectivity index (χ1v) is 11.5. The number of rotatable bonds is 6. The summed E-state index contributed by atoms with van der Waals surface area (Å²) in [5.41, 5.74) is 1.91. The van der Waals surface area contributed by atoms with Crippen LogP contribution in [0.1, 0.15) is 37.5 Å². The molecule has 0 radical (unpaired) electrons. The lowest BCUT2D eigenvalue weighted by atomic mass is 9.74. The van der Waals surface area contributed by atoms with E-state index < -0.39 is 17.1 Å². The maximum absolute atomic E-state index is 14.3. The Hall–Kier alpha value is -4.06. The molecule has 1 heterocycles. The Morgan fingerprint density at radius 3 is 2.26 bits per heavy atom. The molecule has 1 aliphatic heterocycles. The molecule has 3 aromatic rings. The van der Waals surface area contributed by atoms with E-state index in [4.69, 9.17) is 9.47 Å². The van der Waals surface area contributed by atoms with Crippen molar-refractivity contribution in [3.63, 3.8) is 0 Å². The molecule has 6 heteroatoms. The van der Waals surface area contributed by atoms with Crippen LogP contribution in [-0.2, 0) is 26.2 Å². The van der Waals surface area contributed by atoms with Gasteiger partial charge < -0.3 is 14.4 Å². The van der Waals surface area contributed by atoms with Crippen LogP contribution in [0.2, 0.25) is 0 Å². The van der Waals surface area contributed by atoms with E-state index >= 15 is 0 Å². The quantitative estimate of drug-likeness (QED) is 0.447. The Morgan fingerprint density at radius 2 is 1.57 bits per heavy atom. The summed E-state index contributed by atoms with van der Waals surface area (Å²) < 4.78 is 10.8. The number of benzene rings is 3. The molecule has 4 rings (SSSR count). The number of amides is 2. The number of anilines is 2. The molecule has 1 N–H and O–H groups in total. The summed E-state index contributed by atoms with van der Waals surface area (Å²) in [6.45, 7) is 5.83. The fraction of sp³-hybridized carbons (Fsp3) is 0.241. The summed E-state index contributed by atoms with van der Waals surface area (Å²) in [5.74, 6) is -0.130. The lowest BCUT2D eigenvalue weighted by molar-refractivity contribution is -0.120. The number of para-hydroxylation sites is 2. The van der Waals surface area contributed by atoms with Crippen LogP contribution < -0.4 is 10.2 Å². The molecule has 0 saturated heterocycles. The molecule has 0 unspecified atom stereocenters. The number of carbonyl (C=O) groups excluding carboxylic acids is 2. The Morgan fingerprint density at radius 1 is 0.943 bits per heavy atom. The molecule has 0 fully saturated rings. The van der Waals surface area contributed by atoms with Crippen molar-refractivity contribution >= 4 is 23.4 Å². The maximum atomic E-state index is 14.3. The van der Waals surface area contributed by atoms with Crippen molar-refractivity contribution in [1.29, 1.82) is 0 Å². The average Bonchev–Trinajstić information content (AvgIpc) is 3.06. The Kier molecular flexibility index (Phi) is 6.65. The van der Waals surface area contributed by atoms with Gasteiger partial charge in [-0.05, 0) is 55.7 Å². The number of ether oxygens (including phenoxy) is 2. The normalized spacial score (nSPS) is 17.4. The van der Waals surface area contributed by atoms with Gasteiger partial charge in [-0.15, -0.1) is 0 Å². The van der Waals surface area contributed by atoms with Crippen LogP contribution in [0, 0.1) is 0 Å². The molecule has 0 aromatic heterocycles. The largest absolute Gasteiger partial charge is 0.505 e. The van der Waals surface area contributed by atoms with Gasteiger partial charge in [0.1, 0.15) is 11.0 Å². The zero-order valence-corrected chi connectivity index (χ0v) is 20.4. The number of nitrogens with one attached hydrogen (secondary N) is 1. The van der Waals surface area contributed by atoms with Gasteiger partial charge in [0.05, 0.1) is 19.9 Å². The summed E-state index contributed by atoms with van der Waals surface area (Å²) in [5, 5.41) is 2.85. The van der Waals surface area contributed by atoms with Gasteiger partial charge in [-0.3, -0.25) is 10.1 Å². The number of fused-ring (bicyclic) bond motifs is 1. The summed E-state index contributed by atoms with van der Waals surface area (Å²) >= 11 is 0. The third-order valence-electron chi connectivity index (χ3n) is 5.83. The Bertz CT molecular complexity index is 1250. The van der Waals surface area contributed by atoms with Crippen molar-refractivity contribution < 1.29 is 19.1 Å². The van der Waals surface area contributed by atoms with Crippen molar-refractivity contribution in [2.24, 2.45) is 0 Å². The summed E-state index contributed by atoms with van der Waals surface area (Å²) in [6.07, 6.45) is 2.69. The van der Waals surface area contributed by atoms with Crippen LogP contribution >= 0.6 is 0 Å². The van der Waals surface area contributed by atoms with Gasteiger partial charge in [0, 0.05) is 11.4 Å². The number of nitrogens with zero attached hydrogens (tertiary/aromatic N) is 1. The molecule has 1 atom stereocenters. The van der Waals surface area contributed by atoms with Crippen LogP contribution in [0.5, 0.6) is 0 Å². The molecule has 0 saturated carbocycles. The van der Waals surface area contributed by atoms with E-state index in [1.54, 1.807) is 44.9 Å². The monoisotopic (exact) mass is 470 g/mol. The molecule has 180 valence electrons. The van der Waals surface area contributed by atoms with Gasteiger partial charge in [-0.1, -0.05) is 66.7 Å². The third-order valence-corrected chi connectivity index (χ3v) is 5.83. The highest BCUT2D eigenvalue weighted by Gasteiger charge is 2.51. The highest BCUT2D eigenvalue weighted by molar-refractivity contribution is 6.13. The average molecular weight is 471 g/mol. The second kappa shape index (κ2) is 9.66. The minimum absolute atomic E-state index is 0.130. The molecule has 0 aliphatic carbocycles. The fourth-order valence-corrected chi connectivity index (χ4v) is 4.43. The van der Waals surface area contributed by atoms with Crippen LogP contribution in [-0.4, -0.2) is 24.7 Å². The van der Waals surface area contributed by atoms with Crippen LogP contribution in [0.25, 0.3) is 0 Å². The second-order valence-corrected chi connectivity index (χ2v) is 9.41. The van der Waals surface area contributed by atoms with E-state index in [-0.39, 0.29) is 5.91 Å². The van der Waals surface area contributed by atoms with Crippen molar-refractivity contribution in [1.82, 2.24) is 0 Å². The first kappa shape index (κ1) is 24.1. The van der Waals surface area contributed by atoms with E-state index in [9.17, 15) is 9.59 Å². The zero-order valence-electron chi connectivity index (χ0n) is 20.4.